The van der Waals surface area contributed by atoms with E-state index in [9.17, 15) is 13.2 Å². The summed E-state index contributed by atoms with van der Waals surface area (Å²) in [5.74, 6) is 0.831. The van der Waals surface area contributed by atoms with Crippen LogP contribution in [0.25, 0.3) is 0 Å². The van der Waals surface area contributed by atoms with Crippen LogP contribution < -0.4 is 15.4 Å². The summed E-state index contributed by atoms with van der Waals surface area (Å²) in [5.41, 5.74) is 3.03. The highest BCUT2D eigenvalue weighted by Crippen LogP contribution is 2.18. The lowest BCUT2D eigenvalue weighted by Crippen LogP contribution is -2.37. The Balaban J connectivity index is 1.74. The van der Waals surface area contributed by atoms with Gasteiger partial charge in [0.25, 0.3) is 0 Å². The Bertz CT molecular complexity index is 728. The molecule has 0 atom stereocenters. The Kier molecular flexibility index (Phi) is 7.45. The van der Waals surface area contributed by atoms with Crippen molar-refractivity contribution in [1.82, 2.24) is 15.6 Å². The predicted molar refractivity (Wildman–Crippen MR) is 98.9 cm³/mol. The van der Waals surface area contributed by atoms with Gasteiger partial charge in [0.2, 0.25) is 0 Å². The van der Waals surface area contributed by atoms with Crippen molar-refractivity contribution in [2.45, 2.75) is 26.1 Å². The number of nitrogens with zero attached hydrogens (tertiary/aromatic N) is 2. The first kappa shape index (κ1) is 20.5. The topological polar surface area (TPSA) is 58.5 Å². The van der Waals surface area contributed by atoms with E-state index < -0.39 is 12.8 Å². The number of aryl methyl sites for hydroxylation is 1. The third-order valence-corrected chi connectivity index (χ3v) is 3.69. The molecular weight excluding hydrogens is 357 g/mol. The molecule has 0 radical (unpaired) electrons. The van der Waals surface area contributed by atoms with E-state index in [2.05, 4.69) is 25.3 Å². The molecule has 2 rings (SSSR count). The zero-order valence-corrected chi connectivity index (χ0v) is 15.3. The fourth-order valence-corrected chi connectivity index (χ4v) is 2.25. The Morgan fingerprint density at radius 1 is 1.07 bits per heavy atom. The molecule has 1 aromatic carbocycles. The van der Waals surface area contributed by atoms with E-state index in [4.69, 9.17) is 0 Å². The minimum Gasteiger partial charge on any atom is -0.484 e. The van der Waals surface area contributed by atoms with Gasteiger partial charge in [0, 0.05) is 32.0 Å². The van der Waals surface area contributed by atoms with Gasteiger partial charge in [0.05, 0.1) is 0 Å². The highest BCUT2D eigenvalue weighted by Gasteiger charge is 2.28. The smallest absolute Gasteiger partial charge is 0.422 e. The van der Waals surface area contributed by atoms with Crippen molar-refractivity contribution >= 4 is 5.96 Å². The minimum absolute atomic E-state index is 0.185. The SMILES string of the molecule is CN=C(NCCc1ccc(C)nc1)NCc1ccc(OCC(F)(F)F)cc1. The first-order chi connectivity index (χ1) is 12.9. The zero-order chi connectivity index (χ0) is 19.7. The fourth-order valence-electron chi connectivity index (χ4n) is 2.25. The van der Waals surface area contributed by atoms with Crippen molar-refractivity contribution in [2.75, 3.05) is 20.2 Å². The molecule has 1 aromatic heterocycles. The molecule has 0 aliphatic carbocycles. The van der Waals surface area contributed by atoms with Gasteiger partial charge >= 0.3 is 6.18 Å². The summed E-state index contributed by atoms with van der Waals surface area (Å²) >= 11 is 0. The predicted octanol–water partition coefficient (Wildman–Crippen LogP) is 3.24. The summed E-state index contributed by atoms with van der Waals surface area (Å²) in [6, 6.07) is 10.5. The standard InChI is InChI=1S/C19H23F3N4O/c1-14-3-4-16(11-25-14)9-10-24-18(23-2)26-12-15-5-7-17(8-6-15)27-13-19(20,21)22/h3-8,11H,9-10,12-13H2,1-2H3,(H2,23,24,26). The molecule has 0 fully saturated rings. The van der Waals surface area contributed by atoms with Gasteiger partial charge in [0.15, 0.2) is 12.6 Å². The van der Waals surface area contributed by atoms with Crippen LogP contribution >= 0.6 is 0 Å². The number of benzene rings is 1. The summed E-state index contributed by atoms with van der Waals surface area (Å²) in [5, 5.41) is 6.37. The normalized spacial score (nSPS) is 12.0. The molecule has 0 aliphatic rings. The van der Waals surface area contributed by atoms with Crippen LogP contribution in [-0.4, -0.2) is 37.3 Å². The summed E-state index contributed by atoms with van der Waals surface area (Å²) in [6.07, 6.45) is -1.66. The molecular formula is C19H23F3N4O. The van der Waals surface area contributed by atoms with Crippen molar-refractivity contribution in [3.05, 3.63) is 59.4 Å². The van der Waals surface area contributed by atoms with Crippen LogP contribution in [0.1, 0.15) is 16.8 Å². The lowest BCUT2D eigenvalue weighted by Gasteiger charge is -2.13. The number of hydrogen-bond donors (Lipinski definition) is 2. The van der Waals surface area contributed by atoms with E-state index in [1.165, 1.54) is 12.1 Å². The van der Waals surface area contributed by atoms with Crippen molar-refractivity contribution in [2.24, 2.45) is 4.99 Å². The Morgan fingerprint density at radius 3 is 2.37 bits per heavy atom. The summed E-state index contributed by atoms with van der Waals surface area (Å²) < 4.78 is 41.1. The highest BCUT2D eigenvalue weighted by atomic mass is 19.4. The molecule has 0 saturated carbocycles. The maximum atomic E-state index is 12.1. The van der Waals surface area contributed by atoms with E-state index in [1.54, 1.807) is 19.2 Å². The van der Waals surface area contributed by atoms with E-state index in [1.807, 2.05) is 25.3 Å². The number of ether oxygens (including phenoxy) is 1. The maximum absolute atomic E-state index is 12.1. The second-order valence-corrected chi connectivity index (χ2v) is 5.96. The third-order valence-electron chi connectivity index (χ3n) is 3.69. The van der Waals surface area contributed by atoms with Crippen molar-refractivity contribution in [3.8, 4) is 5.75 Å². The van der Waals surface area contributed by atoms with Gasteiger partial charge in [-0.05, 0) is 42.7 Å². The van der Waals surface area contributed by atoms with Crippen molar-refractivity contribution in [3.63, 3.8) is 0 Å². The highest BCUT2D eigenvalue weighted by molar-refractivity contribution is 5.79. The first-order valence-corrected chi connectivity index (χ1v) is 8.50. The van der Waals surface area contributed by atoms with Crippen LogP contribution in [0.2, 0.25) is 0 Å². The third kappa shape index (κ3) is 7.98. The fraction of sp³-hybridized carbons (Fsp3) is 0.368. The lowest BCUT2D eigenvalue weighted by molar-refractivity contribution is -0.153. The first-order valence-electron chi connectivity index (χ1n) is 8.50. The average molecular weight is 380 g/mol. The summed E-state index contributed by atoms with van der Waals surface area (Å²) in [4.78, 5) is 8.41. The Labute approximate surface area is 156 Å². The molecule has 5 nitrogen and oxygen atoms in total. The largest absolute Gasteiger partial charge is 0.484 e. The number of halogens is 3. The number of hydrogen-bond acceptors (Lipinski definition) is 3. The monoisotopic (exact) mass is 380 g/mol. The van der Waals surface area contributed by atoms with Crippen LogP contribution in [0.4, 0.5) is 13.2 Å². The van der Waals surface area contributed by atoms with Gasteiger partial charge in [-0.1, -0.05) is 18.2 Å². The molecule has 2 N–H and O–H groups in total. The van der Waals surface area contributed by atoms with Gasteiger partial charge in [-0.3, -0.25) is 9.98 Å². The van der Waals surface area contributed by atoms with Gasteiger partial charge < -0.3 is 15.4 Å². The molecule has 1 heterocycles. The molecule has 0 amide bonds. The molecule has 0 unspecified atom stereocenters. The van der Waals surface area contributed by atoms with Gasteiger partial charge in [0.1, 0.15) is 5.75 Å². The number of alkyl halides is 3. The van der Waals surface area contributed by atoms with Crippen LogP contribution in [-0.2, 0) is 13.0 Å². The Morgan fingerprint density at radius 2 is 1.78 bits per heavy atom. The molecule has 0 spiro atoms. The average Bonchev–Trinajstić information content (AvgIpc) is 2.64. The lowest BCUT2D eigenvalue weighted by atomic mass is 10.2. The molecule has 0 bridgehead atoms. The number of rotatable bonds is 7. The summed E-state index contributed by atoms with van der Waals surface area (Å²) in [6.45, 7) is 1.85. The van der Waals surface area contributed by atoms with E-state index in [0.717, 1.165) is 23.2 Å². The molecule has 146 valence electrons. The van der Waals surface area contributed by atoms with Crippen LogP contribution in [0.15, 0.2) is 47.6 Å². The van der Waals surface area contributed by atoms with Crippen molar-refractivity contribution < 1.29 is 17.9 Å². The van der Waals surface area contributed by atoms with Gasteiger partial charge in [-0.15, -0.1) is 0 Å². The van der Waals surface area contributed by atoms with Crippen LogP contribution in [0, 0.1) is 6.92 Å². The maximum Gasteiger partial charge on any atom is 0.422 e. The van der Waals surface area contributed by atoms with Crippen molar-refractivity contribution in [1.29, 1.82) is 0 Å². The number of aromatic nitrogens is 1. The second-order valence-electron chi connectivity index (χ2n) is 5.96. The number of guanidine groups is 1. The van der Waals surface area contributed by atoms with E-state index in [0.29, 0.717) is 19.0 Å². The number of aliphatic imine (C=N–C) groups is 1. The molecule has 27 heavy (non-hydrogen) atoms. The zero-order valence-electron chi connectivity index (χ0n) is 15.3. The van der Waals surface area contributed by atoms with Crippen LogP contribution in [0.5, 0.6) is 5.75 Å². The second kappa shape index (κ2) is 9.80. The number of nitrogens with one attached hydrogen (secondary N) is 2. The Hall–Kier alpha value is -2.77. The summed E-state index contributed by atoms with van der Waals surface area (Å²) in [7, 11) is 1.68. The van der Waals surface area contributed by atoms with Gasteiger partial charge in [-0.2, -0.15) is 13.2 Å². The quantitative estimate of drug-likeness (QED) is 0.572. The molecule has 8 heteroatoms. The molecule has 2 aromatic rings. The van der Waals surface area contributed by atoms with E-state index >= 15 is 0 Å². The van der Waals surface area contributed by atoms with E-state index in [-0.39, 0.29) is 5.75 Å². The molecule has 0 aliphatic heterocycles. The number of pyridine rings is 1. The minimum atomic E-state index is -4.34. The molecule has 0 saturated heterocycles. The van der Waals surface area contributed by atoms with Gasteiger partial charge in [-0.25, -0.2) is 0 Å². The van der Waals surface area contributed by atoms with Crippen LogP contribution in [0.3, 0.4) is 0 Å².